The molecule has 0 heterocycles. The molecule has 0 aliphatic heterocycles. The van der Waals surface area contributed by atoms with E-state index < -0.39 is 18.2 Å². The van der Waals surface area contributed by atoms with Crippen LogP contribution in [0.4, 0.5) is 0 Å². The monoisotopic (exact) mass is 388 g/mol. The van der Waals surface area contributed by atoms with Crippen LogP contribution < -0.4 is 0 Å². The molecule has 5 nitrogen and oxygen atoms in total. The maximum atomic E-state index is 11.1. The van der Waals surface area contributed by atoms with Gasteiger partial charge in [-0.3, -0.25) is 0 Å². The predicted octanol–water partition coefficient (Wildman–Crippen LogP) is 2.64. The van der Waals surface area contributed by atoms with Gasteiger partial charge in [-0.25, -0.2) is 4.79 Å². The predicted molar refractivity (Wildman–Crippen MR) is 108 cm³/mol. The molecule has 1 fully saturated rings. The van der Waals surface area contributed by atoms with Crippen LogP contribution in [0.15, 0.2) is 36.0 Å². The first-order valence-corrected chi connectivity index (χ1v) is 9.84. The number of carbonyl (C=O) groups excluding carboxylic acids is 1. The molecule has 28 heavy (non-hydrogen) atoms. The Morgan fingerprint density at radius 2 is 2.21 bits per heavy atom. The van der Waals surface area contributed by atoms with Gasteiger partial charge in [-0.1, -0.05) is 31.7 Å². The Morgan fingerprint density at radius 1 is 1.46 bits per heavy atom. The summed E-state index contributed by atoms with van der Waals surface area (Å²) in [6, 6.07) is 0. The van der Waals surface area contributed by atoms with Crippen molar-refractivity contribution in [2.45, 2.75) is 45.3 Å². The van der Waals surface area contributed by atoms with Gasteiger partial charge in [0.15, 0.2) is 0 Å². The van der Waals surface area contributed by atoms with Crippen molar-refractivity contribution in [2.75, 3.05) is 20.3 Å². The summed E-state index contributed by atoms with van der Waals surface area (Å²) >= 11 is 0. The molecule has 0 aromatic heterocycles. The number of hydrogen-bond acceptors (Lipinski definition) is 5. The van der Waals surface area contributed by atoms with Gasteiger partial charge in [0.05, 0.1) is 25.9 Å². The van der Waals surface area contributed by atoms with E-state index in [-0.39, 0.29) is 25.0 Å². The van der Waals surface area contributed by atoms with Crippen LogP contribution in [0, 0.1) is 35.5 Å². The largest absolute Gasteiger partial charge is 0.467 e. The van der Waals surface area contributed by atoms with Gasteiger partial charge in [-0.2, -0.15) is 0 Å². The molecular formula is C23H32O5. The lowest BCUT2D eigenvalue weighted by Crippen LogP contribution is -2.20. The van der Waals surface area contributed by atoms with E-state index in [0.717, 1.165) is 17.6 Å². The van der Waals surface area contributed by atoms with Gasteiger partial charge < -0.3 is 19.7 Å². The molecule has 154 valence electrons. The molecule has 0 radical (unpaired) electrons. The fourth-order valence-electron chi connectivity index (χ4n) is 4.00. The molecule has 0 amide bonds. The molecule has 0 aromatic rings. The van der Waals surface area contributed by atoms with Gasteiger partial charge in [0.2, 0.25) is 0 Å². The van der Waals surface area contributed by atoms with Crippen molar-refractivity contribution in [3.8, 4) is 11.8 Å². The molecule has 0 aromatic carbocycles. The van der Waals surface area contributed by atoms with Gasteiger partial charge in [0, 0.05) is 12.3 Å². The number of fused-ring (bicyclic) bond motifs is 1. The van der Waals surface area contributed by atoms with Crippen LogP contribution in [-0.2, 0) is 14.3 Å². The Bertz CT molecular complexity index is 681. The molecule has 0 saturated heterocycles. The van der Waals surface area contributed by atoms with Crippen molar-refractivity contribution in [2.24, 2.45) is 23.7 Å². The SMILES string of the molecule is C=C(COCC(=O)OC)C1=C[C@H]2C[C@@H](O)[C@H](/C=C/[C@@H](O)C(C)CC#CC)[C@H]2C1. The fraction of sp³-hybridized carbons (Fsp3) is 0.609. The van der Waals surface area contributed by atoms with Gasteiger partial charge in [-0.15, -0.1) is 11.8 Å². The van der Waals surface area contributed by atoms with Crippen LogP contribution >= 0.6 is 0 Å². The lowest BCUT2D eigenvalue weighted by Gasteiger charge is -2.20. The normalized spacial score (nSPS) is 28.2. The molecule has 1 saturated carbocycles. The van der Waals surface area contributed by atoms with E-state index in [0.29, 0.717) is 24.7 Å². The van der Waals surface area contributed by atoms with Gasteiger partial charge in [0.1, 0.15) is 6.61 Å². The number of hydrogen-bond donors (Lipinski definition) is 2. The smallest absolute Gasteiger partial charge is 0.331 e. The molecule has 5 heteroatoms. The molecule has 2 rings (SSSR count). The maximum Gasteiger partial charge on any atom is 0.331 e. The molecule has 2 aliphatic rings. The minimum absolute atomic E-state index is 0.0154. The summed E-state index contributed by atoms with van der Waals surface area (Å²) in [6.45, 7) is 8.05. The number of aliphatic hydroxyl groups is 2. The van der Waals surface area contributed by atoms with E-state index in [1.165, 1.54) is 7.11 Å². The zero-order valence-corrected chi connectivity index (χ0v) is 17.1. The third-order valence-electron chi connectivity index (χ3n) is 5.77. The second-order valence-corrected chi connectivity index (χ2v) is 7.76. The number of carbonyl (C=O) groups is 1. The lowest BCUT2D eigenvalue weighted by molar-refractivity contribution is -0.145. The number of methoxy groups -OCH3 is 1. The van der Waals surface area contributed by atoms with Crippen molar-refractivity contribution in [3.63, 3.8) is 0 Å². The Hall–Kier alpha value is -1.87. The highest BCUT2D eigenvalue weighted by Gasteiger charge is 2.43. The molecule has 0 bridgehead atoms. The second-order valence-electron chi connectivity index (χ2n) is 7.76. The highest BCUT2D eigenvalue weighted by Crippen LogP contribution is 2.48. The first kappa shape index (κ1) is 22.4. The second kappa shape index (κ2) is 10.6. The third kappa shape index (κ3) is 5.81. The van der Waals surface area contributed by atoms with Crippen molar-refractivity contribution in [1.82, 2.24) is 0 Å². The minimum Gasteiger partial charge on any atom is -0.467 e. The van der Waals surface area contributed by atoms with Crippen LogP contribution in [0.1, 0.15) is 33.1 Å². The van der Waals surface area contributed by atoms with Gasteiger partial charge in [0.25, 0.3) is 0 Å². The zero-order chi connectivity index (χ0) is 20.7. The summed E-state index contributed by atoms with van der Waals surface area (Å²) in [5, 5.41) is 20.8. The Labute approximate surface area is 168 Å². The molecule has 1 unspecified atom stereocenters. The standard InChI is InChI=1S/C23H32O5/c1-5-6-7-15(2)21(24)9-8-19-20-11-17(10-18(20)12-22(19)25)16(3)13-28-14-23(26)27-4/h8-10,15,18-22,24-25H,3,7,11-14H2,1-2,4H3/b9-8+/t15?,18-,19+,20-,21+,22+/m0/s1. The summed E-state index contributed by atoms with van der Waals surface area (Å²) in [5.41, 5.74) is 2.00. The van der Waals surface area contributed by atoms with Crippen LogP contribution in [0.25, 0.3) is 0 Å². The highest BCUT2D eigenvalue weighted by atomic mass is 16.6. The molecule has 2 N–H and O–H groups in total. The summed E-state index contributed by atoms with van der Waals surface area (Å²) in [7, 11) is 1.33. The average Bonchev–Trinajstić information content (AvgIpc) is 3.21. The van der Waals surface area contributed by atoms with Crippen molar-refractivity contribution < 1.29 is 24.5 Å². The molecular weight excluding hydrogens is 356 g/mol. The van der Waals surface area contributed by atoms with E-state index in [9.17, 15) is 15.0 Å². The van der Waals surface area contributed by atoms with Crippen LogP contribution in [0.2, 0.25) is 0 Å². The van der Waals surface area contributed by atoms with Gasteiger partial charge in [-0.05, 0) is 48.7 Å². The molecule has 2 aliphatic carbocycles. The van der Waals surface area contributed by atoms with E-state index in [1.807, 2.05) is 19.1 Å². The minimum atomic E-state index is -0.567. The first-order chi connectivity index (χ1) is 13.4. The van der Waals surface area contributed by atoms with Crippen molar-refractivity contribution in [1.29, 1.82) is 0 Å². The topological polar surface area (TPSA) is 76.0 Å². The zero-order valence-electron chi connectivity index (χ0n) is 17.1. The number of rotatable bonds is 9. The highest BCUT2D eigenvalue weighted by molar-refractivity contribution is 5.70. The fourth-order valence-corrected chi connectivity index (χ4v) is 4.00. The number of ether oxygens (including phenoxy) is 2. The quantitative estimate of drug-likeness (QED) is 0.361. The van der Waals surface area contributed by atoms with Crippen molar-refractivity contribution in [3.05, 3.63) is 36.0 Å². The molecule has 6 atom stereocenters. The van der Waals surface area contributed by atoms with Gasteiger partial charge >= 0.3 is 5.97 Å². The first-order valence-electron chi connectivity index (χ1n) is 9.84. The number of allylic oxidation sites excluding steroid dienone is 1. The summed E-state index contributed by atoms with van der Waals surface area (Å²) in [6.07, 6.45) is 7.19. The summed E-state index contributed by atoms with van der Waals surface area (Å²) < 4.78 is 9.90. The van der Waals surface area contributed by atoms with Crippen LogP contribution in [-0.4, -0.2) is 48.7 Å². The lowest BCUT2D eigenvalue weighted by atomic mass is 9.87. The van der Waals surface area contributed by atoms with E-state index in [2.05, 4.69) is 29.2 Å². The van der Waals surface area contributed by atoms with Crippen LogP contribution in [0.3, 0.4) is 0 Å². The Morgan fingerprint density at radius 3 is 2.89 bits per heavy atom. The summed E-state index contributed by atoms with van der Waals surface area (Å²) in [5.74, 6) is 6.12. The number of aliphatic hydroxyl groups excluding tert-OH is 2. The van der Waals surface area contributed by atoms with E-state index in [1.54, 1.807) is 6.92 Å². The Balaban J connectivity index is 1.90. The van der Waals surface area contributed by atoms with Crippen molar-refractivity contribution >= 4 is 5.97 Å². The van der Waals surface area contributed by atoms with E-state index >= 15 is 0 Å². The average molecular weight is 389 g/mol. The Kier molecular flexibility index (Phi) is 8.50. The maximum absolute atomic E-state index is 11.1. The van der Waals surface area contributed by atoms with Crippen LogP contribution in [0.5, 0.6) is 0 Å². The third-order valence-corrected chi connectivity index (χ3v) is 5.77. The van der Waals surface area contributed by atoms with E-state index in [4.69, 9.17) is 4.74 Å². The number of esters is 1. The molecule has 0 spiro atoms. The summed E-state index contributed by atoms with van der Waals surface area (Å²) in [4.78, 5) is 11.1.